The second-order valence-electron chi connectivity index (χ2n) is 5.61. The molecule has 1 aromatic rings. The van der Waals surface area contributed by atoms with E-state index in [0.717, 1.165) is 12.8 Å². The largest absolute Gasteiger partial charge is 0.484 e. The molecule has 126 valence electrons. The van der Waals surface area contributed by atoms with E-state index in [2.05, 4.69) is 6.92 Å². The average Bonchev–Trinajstić information content (AvgIpc) is 2.57. The number of rotatable bonds is 6. The molecule has 2 amide bonds. The second kappa shape index (κ2) is 8.50. The van der Waals surface area contributed by atoms with Gasteiger partial charge in [-0.2, -0.15) is 0 Å². The molecular weight excluding hydrogens is 299 g/mol. The molecule has 0 N–H and O–H groups in total. The van der Waals surface area contributed by atoms with E-state index in [1.165, 1.54) is 18.2 Å². The first kappa shape index (κ1) is 17.2. The lowest BCUT2D eigenvalue weighted by Crippen LogP contribution is -2.51. The maximum absolute atomic E-state index is 13.0. The Kier molecular flexibility index (Phi) is 6.38. The molecule has 0 saturated carbocycles. The average molecular weight is 322 g/mol. The van der Waals surface area contributed by atoms with Gasteiger partial charge in [-0.15, -0.1) is 0 Å². The molecule has 1 aromatic carbocycles. The van der Waals surface area contributed by atoms with Crippen molar-refractivity contribution in [1.82, 2.24) is 9.80 Å². The van der Waals surface area contributed by atoms with Crippen molar-refractivity contribution in [1.29, 1.82) is 0 Å². The number of halogens is 1. The summed E-state index contributed by atoms with van der Waals surface area (Å²) in [6, 6.07) is 5.72. The molecule has 0 aromatic heterocycles. The zero-order valence-corrected chi connectivity index (χ0v) is 13.5. The summed E-state index contributed by atoms with van der Waals surface area (Å²) in [7, 11) is 0. The third-order valence-electron chi connectivity index (χ3n) is 3.89. The monoisotopic (exact) mass is 322 g/mol. The van der Waals surface area contributed by atoms with Crippen molar-refractivity contribution in [3.8, 4) is 5.75 Å². The van der Waals surface area contributed by atoms with Crippen LogP contribution in [0.25, 0.3) is 0 Å². The summed E-state index contributed by atoms with van der Waals surface area (Å²) in [6.07, 6.45) is 2.48. The SMILES string of the molecule is CCCCC(=O)N1CCN(C(=O)COc2cccc(F)c2)CC1. The number of benzene rings is 1. The van der Waals surface area contributed by atoms with Crippen molar-refractivity contribution in [3.05, 3.63) is 30.1 Å². The highest BCUT2D eigenvalue weighted by molar-refractivity contribution is 5.79. The molecule has 1 aliphatic heterocycles. The summed E-state index contributed by atoms with van der Waals surface area (Å²) in [4.78, 5) is 27.5. The Balaban J connectivity index is 1.74. The van der Waals surface area contributed by atoms with Crippen molar-refractivity contribution in [2.45, 2.75) is 26.2 Å². The fraction of sp³-hybridized carbons (Fsp3) is 0.529. The molecule has 23 heavy (non-hydrogen) atoms. The van der Waals surface area contributed by atoms with Crippen LogP contribution >= 0.6 is 0 Å². The highest BCUT2D eigenvalue weighted by Gasteiger charge is 2.23. The number of piperazine rings is 1. The molecule has 1 fully saturated rings. The van der Waals surface area contributed by atoms with Crippen LogP contribution < -0.4 is 4.74 Å². The smallest absolute Gasteiger partial charge is 0.260 e. The first-order valence-corrected chi connectivity index (χ1v) is 8.04. The van der Waals surface area contributed by atoms with Crippen LogP contribution in [0.15, 0.2) is 24.3 Å². The van der Waals surface area contributed by atoms with Crippen LogP contribution in [0.4, 0.5) is 4.39 Å². The highest BCUT2D eigenvalue weighted by Crippen LogP contribution is 2.12. The van der Waals surface area contributed by atoms with Crippen LogP contribution in [-0.4, -0.2) is 54.4 Å². The molecule has 2 rings (SSSR count). The minimum absolute atomic E-state index is 0.118. The first-order valence-electron chi connectivity index (χ1n) is 8.04. The van der Waals surface area contributed by atoms with Crippen molar-refractivity contribution in [2.75, 3.05) is 32.8 Å². The number of hydrogen-bond acceptors (Lipinski definition) is 3. The fourth-order valence-corrected chi connectivity index (χ4v) is 2.48. The Hall–Kier alpha value is -2.11. The summed E-state index contributed by atoms with van der Waals surface area (Å²) in [5, 5.41) is 0. The number of carbonyl (C=O) groups is 2. The predicted molar refractivity (Wildman–Crippen MR) is 84.6 cm³/mol. The molecule has 0 radical (unpaired) electrons. The van der Waals surface area contributed by atoms with E-state index in [0.29, 0.717) is 38.3 Å². The predicted octanol–water partition coefficient (Wildman–Crippen LogP) is 2.07. The number of ether oxygens (including phenoxy) is 1. The maximum atomic E-state index is 13.0. The minimum atomic E-state index is -0.394. The Labute approximate surface area is 136 Å². The third kappa shape index (κ3) is 5.23. The Bertz CT molecular complexity index is 542. The molecule has 0 unspecified atom stereocenters. The van der Waals surface area contributed by atoms with E-state index in [1.54, 1.807) is 11.0 Å². The summed E-state index contributed by atoms with van der Waals surface area (Å²) >= 11 is 0. The van der Waals surface area contributed by atoms with Gasteiger partial charge in [0.2, 0.25) is 5.91 Å². The van der Waals surface area contributed by atoms with Crippen LogP contribution in [0.2, 0.25) is 0 Å². The number of hydrogen-bond donors (Lipinski definition) is 0. The lowest BCUT2D eigenvalue weighted by molar-refractivity contribution is -0.140. The van der Waals surface area contributed by atoms with Gasteiger partial charge in [-0.25, -0.2) is 4.39 Å². The topological polar surface area (TPSA) is 49.9 Å². The van der Waals surface area contributed by atoms with E-state index in [4.69, 9.17) is 4.74 Å². The lowest BCUT2D eigenvalue weighted by atomic mass is 10.2. The van der Waals surface area contributed by atoms with Crippen LogP contribution in [0.3, 0.4) is 0 Å². The van der Waals surface area contributed by atoms with Gasteiger partial charge in [0.1, 0.15) is 11.6 Å². The van der Waals surface area contributed by atoms with Crippen LogP contribution in [-0.2, 0) is 9.59 Å². The standard InChI is InChI=1S/C17H23FN2O3/c1-2-3-7-16(21)19-8-10-20(11-9-19)17(22)13-23-15-6-4-5-14(18)12-15/h4-6,12H,2-3,7-11,13H2,1H3. The van der Waals surface area contributed by atoms with Gasteiger partial charge in [-0.1, -0.05) is 19.4 Å². The van der Waals surface area contributed by atoms with E-state index in [1.807, 2.05) is 4.90 Å². The van der Waals surface area contributed by atoms with E-state index in [9.17, 15) is 14.0 Å². The second-order valence-corrected chi connectivity index (χ2v) is 5.61. The van der Waals surface area contributed by atoms with Crippen LogP contribution in [0.1, 0.15) is 26.2 Å². The van der Waals surface area contributed by atoms with Gasteiger partial charge in [0.15, 0.2) is 6.61 Å². The first-order chi connectivity index (χ1) is 11.1. The zero-order chi connectivity index (χ0) is 16.7. The fourth-order valence-electron chi connectivity index (χ4n) is 2.48. The summed E-state index contributed by atoms with van der Waals surface area (Å²) in [6.45, 7) is 4.10. The maximum Gasteiger partial charge on any atom is 0.260 e. The van der Waals surface area contributed by atoms with E-state index < -0.39 is 5.82 Å². The Morgan fingerprint density at radius 2 is 1.78 bits per heavy atom. The summed E-state index contributed by atoms with van der Waals surface area (Å²) in [5.74, 6) is -0.0363. The number of unbranched alkanes of at least 4 members (excludes halogenated alkanes) is 1. The van der Waals surface area contributed by atoms with Gasteiger partial charge < -0.3 is 14.5 Å². The molecule has 5 nitrogen and oxygen atoms in total. The normalized spacial score (nSPS) is 14.7. The lowest BCUT2D eigenvalue weighted by Gasteiger charge is -2.34. The zero-order valence-electron chi connectivity index (χ0n) is 13.5. The van der Waals surface area contributed by atoms with Gasteiger partial charge in [0, 0.05) is 38.7 Å². The van der Waals surface area contributed by atoms with Crippen molar-refractivity contribution >= 4 is 11.8 Å². The highest BCUT2D eigenvalue weighted by atomic mass is 19.1. The molecule has 0 bridgehead atoms. The summed E-state index contributed by atoms with van der Waals surface area (Å²) < 4.78 is 18.4. The number of amides is 2. The van der Waals surface area contributed by atoms with E-state index >= 15 is 0 Å². The molecule has 1 heterocycles. The quantitative estimate of drug-likeness (QED) is 0.805. The number of carbonyl (C=O) groups excluding carboxylic acids is 2. The van der Waals surface area contributed by atoms with Crippen molar-refractivity contribution in [2.24, 2.45) is 0 Å². The van der Waals surface area contributed by atoms with Crippen LogP contribution in [0.5, 0.6) is 5.75 Å². The molecule has 0 spiro atoms. The molecule has 0 aliphatic carbocycles. The minimum Gasteiger partial charge on any atom is -0.484 e. The molecule has 1 aliphatic rings. The Morgan fingerprint density at radius 3 is 2.39 bits per heavy atom. The van der Waals surface area contributed by atoms with Crippen LogP contribution in [0, 0.1) is 5.82 Å². The van der Waals surface area contributed by atoms with Gasteiger partial charge in [0.05, 0.1) is 0 Å². The number of nitrogens with zero attached hydrogens (tertiary/aromatic N) is 2. The molecule has 1 saturated heterocycles. The molecule has 6 heteroatoms. The van der Waals surface area contributed by atoms with E-state index in [-0.39, 0.29) is 18.4 Å². The Morgan fingerprint density at radius 1 is 1.13 bits per heavy atom. The van der Waals surface area contributed by atoms with Gasteiger partial charge in [-0.3, -0.25) is 9.59 Å². The molecular formula is C17H23FN2O3. The van der Waals surface area contributed by atoms with Gasteiger partial charge >= 0.3 is 0 Å². The van der Waals surface area contributed by atoms with Crippen molar-refractivity contribution < 1.29 is 18.7 Å². The van der Waals surface area contributed by atoms with Gasteiger partial charge in [0.25, 0.3) is 5.91 Å². The van der Waals surface area contributed by atoms with Crippen molar-refractivity contribution in [3.63, 3.8) is 0 Å². The third-order valence-corrected chi connectivity index (χ3v) is 3.89. The summed E-state index contributed by atoms with van der Waals surface area (Å²) in [5.41, 5.74) is 0. The molecule has 0 atom stereocenters. The van der Waals surface area contributed by atoms with Gasteiger partial charge in [-0.05, 0) is 18.6 Å².